The topological polar surface area (TPSA) is 72.5 Å². The molecule has 0 aromatic heterocycles. The first kappa shape index (κ1) is 21.6. The summed E-state index contributed by atoms with van der Waals surface area (Å²) in [6, 6.07) is -0.701. The lowest BCUT2D eigenvalue weighted by molar-refractivity contribution is -0.152. The second-order valence-electron chi connectivity index (χ2n) is 7.45. The average Bonchev–Trinajstić information content (AvgIpc) is 2.42. The van der Waals surface area contributed by atoms with E-state index in [9.17, 15) is 14.4 Å². The molecule has 1 amide bonds. The van der Waals surface area contributed by atoms with Gasteiger partial charge in [-0.1, -0.05) is 48.0 Å². The number of amides is 1. The summed E-state index contributed by atoms with van der Waals surface area (Å²) in [4.78, 5) is 35.8. The molecular formula is C18H33NO4. The van der Waals surface area contributed by atoms with Crippen LogP contribution in [-0.2, 0) is 19.1 Å². The van der Waals surface area contributed by atoms with Gasteiger partial charge in [-0.05, 0) is 31.1 Å². The zero-order valence-corrected chi connectivity index (χ0v) is 15.7. The molecule has 0 aliphatic rings. The molecule has 0 bridgehead atoms. The molecule has 0 spiro atoms. The third-order valence-corrected chi connectivity index (χ3v) is 4.12. The van der Waals surface area contributed by atoms with Crippen LogP contribution in [0.4, 0.5) is 0 Å². The lowest BCUT2D eigenvalue weighted by Crippen LogP contribution is -2.47. The van der Waals surface area contributed by atoms with Crippen molar-refractivity contribution in [3.8, 4) is 0 Å². The van der Waals surface area contributed by atoms with Gasteiger partial charge in [0.25, 0.3) is 0 Å². The van der Waals surface area contributed by atoms with Crippen LogP contribution in [-0.4, -0.2) is 30.3 Å². The number of hydrogen-bond acceptors (Lipinski definition) is 4. The second-order valence-corrected chi connectivity index (χ2v) is 7.45. The average molecular weight is 327 g/mol. The van der Waals surface area contributed by atoms with Crippen molar-refractivity contribution < 1.29 is 19.1 Å². The quantitative estimate of drug-likeness (QED) is 0.660. The summed E-state index contributed by atoms with van der Waals surface area (Å²) in [6.45, 7) is 13.2. The minimum Gasteiger partial charge on any atom is -0.456 e. The van der Waals surface area contributed by atoms with E-state index in [2.05, 4.69) is 5.32 Å². The van der Waals surface area contributed by atoms with Crippen molar-refractivity contribution in [3.63, 3.8) is 0 Å². The molecule has 5 nitrogen and oxygen atoms in total. The van der Waals surface area contributed by atoms with Crippen molar-refractivity contribution >= 4 is 17.7 Å². The van der Waals surface area contributed by atoms with E-state index in [0.29, 0.717) is 12.8 Å². The number of esters is 1. The summed E-state index contributed by atoms with van der Waals surface area (Å²) in [6.07, 6.45) is 2.12. The third kappa shape index (κ3) is 8.14. The highest BCUT2D eigenvalue weighted by Gasteiger charge is 2.33. The van der Waals surface area contributed by atoms with Gasteiger partial charge in [0.05, 0.1) is 0 Å². The fourth-order valence-corrected chi connectivity index (χ4v) is 2.52. The molecule has 134 valence electrons. The first-order chi connectivity index (χ1) is 10.5. The summed E-state index contributed by atoms with van der Waals surface area (Å²) in [5.41, 5.74) is -0.178. The predicted octanol–water partition coefficient (Wildman–Crippen LogP) is 3.11. The highest BCUT2D eigenvalue weighted by atomic mass is 16.5. The van der Waals surface area contributed by atoms with E-state index in [1.807, 2.05) is 41.5 Å². The highest BCUT2D eigenvalue weighted by molar-refractivity contribution is 5.87. The van der Waals surface area contributed by atoms with Crippen molar-refractivity contribution in [2.24, 2.45) is 17.3 Å². The van der Waals surface area contributed by atoms with Crippen molar-refractivity contribution in [2.45, 2.75) is 73.8 Å². The Morgan fingerprint density at radius 2 is 1.65 bits per heavy atom. The fraction of sp³-hybridized carbons (Fsp3) is 0.833. The molecule has 0 fully saturated rings. The smallest absolute Gasteiger partial charge is 0.329 e. The largest absolute Gasteiger partial charge is 0.456 e. The van der Waals surface area contributed by atoms with Crippen LogP contribution in [0.3, 0.4) is 0 Å². The van der Waals surface area contributed by atoms with E-state index in [-0.39, 0.29) is 35.5 Å². The maximum absolute atomic E-state index is 12.6. The minimum atomic E-state index is -0.701. The third-order valence-electron chi connectivity index (χ3n) is 4.12. The Morgan fingerprint density at radius 1 is 1.09 bits per heavy atom. The number of Topliss-reactive ketones (excluding diaryl/α,β-unsaturated/α-hetero) is 1. The Labute approximate surface area is 140 Å². The molecule has 3 atom stereocenters. The fourth-order valence-electron chi connectivity index (χ4n) is 2.52. The molecule has 0 saturated heterocycles. The van der Waals surface area contributed by atoms with Crippen molar-refractivity contribution in [1.29, 1.82) is 0 Å². The summed E-state index contributed by atoms with van der Waals surface area (Å²) in [5, 5.41) is 2.84. The van der Waals surface area contributed by atoms with Crippen LogP contribution in [0.2, 0.25) is 0 Å². The number of rotatable bonds is 9. The Hall–Kier alpha value is -1.39. The van der Waals surface area contributed by atoms with Crippen LogP contribution in [0.5, 0.6) is 0 Å². The van der Waals surface area contributed by atoms with Crippen molar-refractivity contribution in [3.05, 3.63) is 0 Å². The van der Waals surface area contributed by atoms with Gasteiger partial charge in [-0.25, -0.2) is 4.79 Å². The second kappa shape index (κ2) is 9.68. The molecule has 0 heterocycles. The van der Waals surface area contributed by atoms with E-state index in [1.165, 1.54) is 6.92 Å². The standard InChI is InChI=1S/C18H33NO4/c1-8-12(3)10-15(17(22)23-11-13(4)20)19-16(21)14(9-2)18(5,6)7/h12,14-15H,8-11H2,1-7H3,(H,19,21). The molecule has 1 N–H and O–H groups in total. The van der Waals surface area contributed by atoms with Crippen LogP contribution in [0.25, 0.3) is 0 Å². The number of nitrogens with one attached hydrogen (secondary N) is 1. The molecule has 0 rings (SSSR count). The predicted molar refractivity (Wildman–Crippen MR) is 90.9 cm³/mol. The molecule has 0 aromatic rings. The van der Waals surface area contributed by atoms with Gasteiger partial charge in [-0.3, -0.25) is 9.59 Å². The van der Waals surface area contributed by atoms with Crippen LogP contribution in [0.1, 0.15) is 67.7 Å². The van der Waals surface area contributed by atoms with E-state index < -0.39 is 12.0 Å². The van der Waals surface area contributed by atoms with Gasteiger partial charge in [0.2, 0.25) is 5.91 Å². The van der Waals surface area contributed by atoms with Crippen molar-refractivity contribution in [1.82, 2.24) is 5.32 Å². The van der Waals surface area contributed by atoms with Gasteiger partial charge in [0.1, 0.15) is 12.6 Å². The lowest BCUT2D eigenvalue weighted by Gasteiger charge is -2.30. The Balaban J connectivity index is 5.02. The zero-order chi connectivity index (χ0) is 18.2. The van der Waals surface area contributed by atoms with Gasteiger partial charge < -0.3 is 10.1 Å². The van der Waals surface area contributed by atoms with Crippen LogP contribution >= 0.6 is 0 Å². The van der Waals surface area contributed by atoms with E-state index in [1.54, 1.807) is 0 Å². The molecule has 5 heteroatoms. The lowest BCUT2D eigenvalue weighted by atomic mass is 9.78. The normalized spacial score (nSPS) is 15.4. The monoisotopic (exact) mass is 327 g/mol. The molecule has 0 aliphatic heterocycles. The Morgan fingerprint density at radius 3 is 2.04 bits per heavy atom. The van der Waals surface area contributed by atoms with Gasteiger partial charge in [-0.15, -0.1) is 0 Å². The number of ether oxygens (including phenoxy) is 1. The molecule has 0 aromatic carbocycles. The minimum absolute atomic E-state index is 0.131. The van der Waals surface area contributed by atoms with Gasteiger partial charge >= 0.3 is 5.97 Å². The van der Waals surface area contributed by atoms with Crippen molar-refractivity contribution in [2.75, 3.05) is 6.61 Å². The van der Waals surface area contributed by atoms with Crippen LogP contribution in [0, 0.1) is 17.3 Å². The Bertz CT molecular complexity index is 412. The SMILES string of the molecule is CCC(C)CC(NC(=O)C(CC)C(C)(C)C)C(=O)OCC(C)=O. The molecule has 0 aliphatic carbocycles. The first-order valence-electron chi connectivity index (χ1n) is 8.49. The summed E-state index contributed by atoms with van der Waals surface area (Å²) < 4.78 is 5.01. The van der Waals surface area contributed by atoms with E-state index in [0.717, 1.165) is 6.42 Å². The molecular weight excluding hydrogens is 294 g/mol. The summed E-state index contributed by atoms with van der Waals surface area (Å²) in [7, 11) is 0. The molecule has 0 saturated carbocycles. The van der Waals surface area contributed by atoms with Crippen LogP contribution in [0.15, 0.2) is 0 Å². The van der Waals surface area contributed by atoms with E-state index >= 15 is 0 Å². The maximum atomic E-state index is 12.6. The number of carbonyl (C=O) groups is 3. The van der Waals surface area contributed by atoms with Crippen LogP contribution < -0.4 is 5.32 Å². The number of hydrogen-bond donors (Lipinski definition) is 1. The molecule has 23 heavy (non-hydrogen) atoms. The summed E-state index contributed by atoms with van der Waals surface area (Å²) in [5.74, 6) is -0.777. The molecule has 3 unspecified atom stereocenters. The first-order valence-corrected chi connectivity index (χ1v) is 8.49. The van der Waals surface area contributed by atoms with E-state index in [4.69, 9.17) is 4.74 Å². The zero-order valence-electron chi connectivity index (χ0n) is 15.7. The highest BCUT2D eigenvalue weighted by Crippen LogP contribution is 2.29. The number of ketones is 1. The Kier molecular flexibility index (Phi) is 9.10. The maximum Gasteiger partial charge on any atom is 0.329 e. The van der Waals surface area contributed by atoms with Gasteiger partial charge in [0.15, 0.2) is 5.78 Å². The number of carbonyl (C=O) groups excluding carboxylic acids is 3. The van der Waals surface area contributed by atoms with Gasteiger partial charge in [-0.2, -0.15) is 0 Å². The van der Waals surface area contributed by atoms with Gasteiger partial charge in [0, 0.05) is 5.92 Å². The summed E-state index contributed by atoms with van der Waals surface area (Å²) >= 11 is 0. The molecule has 0 radical (unpaired) electrons.